The van der Waals surface area contributed by atoms with Crippen molar-refractivity contribution in [2.24, 2.45) is 9.98 Å². The van der Waals surface area contributed by atoms with Crippen LogP contribution in [0.25, 0.3) is 0 Å². The van der Waals surface area contributed by atoms with Crippen molar-refractivity contribution in [1.82, 2.24) is 5.32 Å². The lowest BCUT2D eigenvalue weighted by Gasteiger charge is -1.99. The van der Waals surface area contributed by atoms with E-state index in [1.54, 1.807) is 12.3 Å². The van der Waals surface area contributed by atoms with Gasteiger partial charge in [0.2, 0.25) is 0 Å². The van der Waals surface area contributed by atoms with E-state index in [0.29, 0.717) is 16.6 Å². The summed E-state index contributed by atoms with van der Waals surface area (Å²) in [6.45, 7) is 5.37. The summed E-state index contributed by atoms with van der Waals surface area (Å²) in [5, 5.41) is 3.20. The maximum Gasteiger partial charge on any atom is 0.139 e. The standard InChI is InChI=1S/C7H7Cl2N3.C7H8S/c1-10-6(9)5-2-3-11-7(5)12-4-8;1-6-2-4-7(8)5-3-6/h2-3H,1,4H2,(H,11,12);2-5,8H,1H3/b6-5-;. The number of hydrogen-bond donors (Lipinski definition) is 2. The summed E-state index contributed by atoms with van der Waals surface area (Å²) in [6.07, 6.45) is 3.48. The second kappa shape index (κ2) is 8.84. The summed E-state index contributed by atoms with van der Waals surface area (Å²) in [5.41, 5.74) is 2.00. The lowest BCUT2D eigenvalue weighted by atomic mass is 10.2. The maximum absolute atomic E-state index is 5.74. The fraction of sp³-hybridized carbons (Fsp3) is 0.143. The third kappa shape index (κ3) is 5.41. The molecule has 0 atom stereocenters. The van der Waals surface area contributed by atoms with Gasteiger partial charge >= 0.3 is 0 Å². The van der Waals surface area contributed by atoms with Crippen molar-refractivity contribution in [3.05, 3.63) is 52.8 Å². The predicted molar refractivity (Wildman–Crippen MR) is 91.3 cm³/mol. The van der Waals surface area contributed by atoms with Gasteiger partial charge in [0, 0.05) is 11.1 Å². The summed E-state index contributed by atoms with van der Waals surface area (Å²) < 4.78 is 0. The largest absolute Gasteiger partial charge is 0.346 e. The van der Waals surface area contributed by atoms with Gasteiger partial charge in [0.15, 0.2) is 0 Å². The molecule has 1 aromatic carbocycles. The van der Waals surface area contributed by atoms with E-state index in [-0.39, 0.29) is 6.00 Å². The number of halogens is 2. The van der Waals surface area contributed by atoms with E-state index in [1.807, 2.05) is 24.3 Å². The first-order valence-electron chi connectivity index (χ1n) is 5.74. The molecule has 1 aliphatic heterocycles. The minimum Gasteiger partial charge on any atom is -0.346 e. The number of amidine groups is 1. The van der Waals surface area contributed by atoms with Crippen LogP contribution in [-0.2, 0) is 0 Å². The topological polar surface area (TPSA) is 36.8 Å². The summed E-state index contributed by atoms with van der Waals surface area (Å²) in [6, 6.07) is 8.25. The zero-order chi connectivity index (χ0) is 15.0. The third-order valence-electron chi connectivity index (χ3n) is 2.34. The van der Waals surface area contributed by atoms with E-state index in [1.165, 1.54) is 5.56 Å². The van der Waals surface area contributed by atoms with Crippen LogP contribution in [0.2, 0.25) is 0 Å². The lowest BCUT2D eigenvalue weighted by molar-refractivity contribution is 1.24. The molecule has 0 amide bonds. The first kappa shape index (κ1) is 16.8. The Morgan fingerprint density at radius 2 is 2.00 bits per heavy atom. The Hall–Kier alpha value is -1.23. The molecule has 6 heteroatoms. The van der Waals surface area contributed by atoms with Crippen LogP contribution in [0.15, 0.2) is 62.2 Å². The molecule has 1 N–H and O–H groups in total. The molecule has 0 saturated carbocycles. The van der Waals surface area contributed by atoms with Crippen LogP contribution >= 0.6 is 35.8 Å². The van der Waals surface area contributed by atoms with Crippen molar-refractivity contribution in [3.8, 4) is 0 Å². The number of aliphatic imine (C=N–C) groups is 2. The number of alkyl halides is 1. The molecule has 0 spiro atoms. The van der Waals surface area contributed by atoms with E-state index in [0.717, 1.165) is 4.90 Å². The van der Waals surface area contributed by atoms with E-state index in [4.69, 9.17) is 23.2 Å². The van der Waals surface area contributed by atoms with Gasteiger partial charge in [0.1, 0.15) is 17.0 Å². The number of benzene rings is 1. The molecular weight excluding hydrogens is 313 g/mol. The molecule has 0 fully saturated rings. The van der Waals surface area contributed by atoms with Crippen LogP contribution < -0.4 is 5.32 Å². The Morgan fingerprint density at radius 3 is 2.50 bits per heavy atom. The molecule has 1 aliphatic rings. The number of hydrogen-bond acceptors (Lipinski definition) is 3. The summed E-state index contributed by atoms with van der Waals surface area (Å²) >= 11 is 15.3. The second-order valence-electron chi connectivity index (χ2n) is 3.80. The zero-order valence-corrected chi connectivity index (χ0v) is 13.4. The predicted octanol–water partition coefficient (Wildman–Crippen LogP) is 4.13. The van der Waals surface area contributed by atoms with Gasteiger partial charge in [-0.15, -0.1) is 24.2 Å². The Bertz CT molecular complexity index is 527. The molecule has 20 heavy (non-hydrogen) atoms. The number of aryl methyl sites for hydroxylation is 1. The third-order valence-corrected chi connectivity index (χ3v) is 3.08. The Kier molecular flexibility index (Phi) is 7.44. The minimum atomic E-state index is 0.189. The molecule has 3 nitrogen and oxygen atoms in total. The highest BCUT2D eigenvalue weighted by Gasteiger charge is 2.11. The number of nitrogens with zero attached hydrogens (tertiary/aromatic N) is 2. The normalized spacial score (nSPS) is 17.3. The second-order valence-corrected chi connectivity index (χ2v) is 4.92. The highest BCUT2D eigenvalue weighted by molar-refractivity contribution is 7.80. The molecule has 0 radical (unpaired) electrons. The molecule has 1 heterocycles. The fourth-order valence-corrected chi connectivity index (χ4v) is 1.77. The van der Waals surface area contributed by atoms with Gasteiger partial charge in [-0.1, -0.05) is 29.3 Å². The minimum absolute atomic E-state index is 0.189. The highest BCUT2D eigenvalue weighted by atomic mass is 35.5. The average molecular weight is 328 g/mol. The van der Waals surface area contributed by atoms with E-state index >= 15 is 0 Å². The van der Waals surface area contributed by atoms with Crippen LogP contribution in [0, 0.1) is 6.92 Å². The smallest absolute Gasteiger partial charge is 0.139 e. The van der Waals surface area contributed by atoms with Crippen LogP contribution in [0.1, 0.15) is 5.56 Å². The molecular formula is C14H15Cl2N3S. The van der Waals surface area contributed by atoms with Gasteiger partial charge in [-0.2, -0.15) is 0 Å². The summed E-state index contributed by atoms with van der Waals surface area (Å²) in [4.78, 5) is 8.56. The van der Waals surface area contributed by atoms with Gasteiger partial charge in [0.05, 0.1) is 5.57 Å². The van der Waals surface area contributed by atoms with Gasteiger partial charge < -0.3 is 5.32 Å². The molecule has 1 aromatic rings. The Morgan fingerprint density at radius 1 is 1.35 bits per heavy atom. The average Bonchev–Trinajstić information content (AvgIpc) is 2.91. The summed E-state index contributed by atoms with van der Waals surface area (Å²) in [5.74, 6) is 0.627. The molecule has 0 bridgehead atoms. The van der Waals surface area contributed by atoms with Crippen molar-refractivity contribution >= 4 is 48.4 Å². The molecule has 0 aromatic heterocycles. The fourth-order valence-electron chi connectivity index (χ4n) is 1.35. The van der Waals surface area contributed by atoms with Crippen molar-refractivity contribution in [2.75, 3.05) is 6.00 Å². The number of rotatable bonds is 2. The molecule has 106 valence electrons. The van der Waals surface area contributed by atoms with Crippen molar-refractivity contribution < 1.29 is 0 Å². The van der Waals surface area contributed by atoms with Crippen molar-refractivity contribution in [2.45, 2.75) is 11.8 Å². The van der Waals surface area contributed by atoms with Gasteiger partial charge in [-0.3, -0.25) is 9.98 Å². The summed E-state index contributed by atoms with van der Waals surface area (Å²) in [7, 11) is 0. The van der Waals surface area contributed by atoms with E-state index in [9.17, 15) is 0 Å². The van der Waals surface area contributed by atoms with Crippen molar-refractivity contribution in [1.29, 1.82) is 0 Å². The molecule has 0 unspecified atom stereocenters. The first-order chi connectivity index (χ1) is 9.58. The highest BCUT2D eigenvalue weighted by Crippen LogP contribution is 2.16. The SMILES string of the molecule is C=N/C(Cl)=C1/C=CN/C1=N/CCl.Cc1ccc(S)cc1. The van der Waals surface area contributed by atoms with E-state index < -0.39 is 0 Å². The monoisotopic (exact) mass is 327 g/mol. The van der Waals surface area contributed by atoms with Crippen LogP contribution in [0.4, 0.5) is 0 Å². The quantitative estimate of drug-likeness (QED) is 0.364. The zero-order valence-electron chi connectivity index (χ0n) is 11.0. The maximum atomic E-state index is 5.74. The first-order valence-corrected chi connectivity index (χ1v) is 7.10. The number of nitrogens with one attached hydrogen (secondary N) is 1. The lowest BCUT2D eigenvalue weighted by Crippen LogP contribution is -2.13. The van der Waals surface area contributed by atoms with Crippen molar-refractivity contribution in [3.63, 3.8) is 0 Å². The number of thiol groups is 1. The van der Waals surface area contributed by atoms with Crippen LogP contribution in [0.3, 0.4) is 0 Å². The van der Waals surface area contributed by atoms with E-state index in [2.05, 4.69) is 41.6 Å². The molecule has 2 rings (SSSR count). The molecule has 0 saturated heterocycles. The van der Waals surface area contributed by atoms with Crippen LogP contribution in [-0.4, -0.2) is 18.6 Å². The van der Waals surface area contributed by atoms with Gasteiger partial charge in [0.25, 0.3) is 0 Å². The Labute approximate surface area is 134 Å². The van der Waals surface area contributed by atoms with Gasteiger partial charge in [-0.25, -0.2) is 0 Å². The Balaban J connectivity index is 0.000000217. The molecule has 0 aliphatic carbocycles. The van der Waals surface area contributed by atoms with Crippen LogP contribution in [0.5, 0.6) is 0 Å². The van der Waals surface area contributed by atoms with Gasteiger partial charge in [-0.05, 0) is 31.9 Å².